The van der Waals surface area contributed by atoms with Crippen molar-refractivity contribution >= 4 is 43.3 Å². The highest BCUT2D eigenvalue weighted by Crippen LogP contribution is 2.11. The summed E-state index contributed by atoms with van der Waals surface area (Å²) in [5.41, 5.74) is 0. The Hall–Kier alpha value is -0.140. The Balaban J connectivity index is 3.69. The Morgan fingerprint density at radius 3 is 1.83 bits per heavy atom. The molecule has 0 aromatic carbocycles. The molecule has 0 amide bonds. The van der Waals surface area contributed by atoms with Gasteiger partial charge in [-0.1, -0.05) is 76.9 Å². The molecule has 0 fully saturated rings. The molecule has 0 spiro atoms. The third-order valence-electron chi connectivity index (χ3n) is 3.70. The molecule has 7 heteroatoms. The van der Waals surface area contributed by atoms with Crippen LogP contribution in [-0.2, 0) is 26.4 Å². The van der Waals surface area contributed by atoms with Gasteiger partial charge < -0.3 is 5.11 Å². The summed E-state index contributed by atoms with van der Waals surface area (Å²) in [4.78, 5) is 10.8. The van der Waals surface area contributed by atoms with Crippen molar-refractivity contribution in [2.45, 2.75) is 83.3 Å². The number of hydrogen-bond acceptors (Lipinski definition) is 4. The highest BCUT2D eigenvalue weighted by molar-refractivity contribution is 8.36. The van der Waals surface area contributed by atoms with Gasteiger partial charge in [-0.3, -0.25) is 13.2 Å². The topological polar surface area (TPSA) is 71.4 Å². The minimum absolute atomic E-state index is 0.115. The number of thiocarbonyl (C=S) groups is 1. The fourth-order valence-electron chi connectivity index (χ4n) is 2.13. The van der Waals surface area contributed by atoms with Crippen molar-refractivity contribution in [1.82, 2.24) is 0 Å². The van der Waals surface area contributed by atoms with Crippen LogP contribution in [0.4, 0.5) is 0 Å². The Morgan fingerprint density at radius 1 is 0.957 bits per heavy atom. The summed E-state index contributed by atoms with van der Waals surface area (Å²) in [6.07, 6.45) is 11.9. The van der Waals surface area contributed by atoms with Crippen molar-refractivity contribution in [1.29, 1.82) is 0 Å². The van der Waals surface area contributed by atoms with Gasteiger partial charge >= 0.3 is 5.97 Å². The van der Waals surface area contributed by atoms with E-state index in [9.17, 15) is 13.2 Å². The Bertz CT molecular complexity index is 410. The van der Waals surface area contributed by atoms with Gasteiger partial charge in [-0.15, -0.1) is 0 Å². The van der Waals surface area contributed by atoms with E-state index in [-0.39, 0.29) is 3.53 Å². The third kappa shape index (κ3) is 11.1. The quantitative estimate of drug-likeness (QED) is 0.382. The summed E-state index contributed by atoms with van der Waals surface area (Å²) >= 11 is 4.90. The molecule has 0 saturated carbocycles. The lowest BCUT2D eigenvalue weighted by molar-refractivity contribution is -0.136. The second-order valence-corrected chi connectivity index (χ2v) is 10.2. The largest absolute Gasteiger partial charge is 0.480 e. The zero-order valence-electron chi connectivity index (χ0n) is 14.3. The average molecular weight is 383 g/mol. The molecule has 4 nitrogen and oxygen atoms in total. The first-order valence-corrected chi connectivity index (χ1v) is 11.4. The highest BCUT2D eigenvalue weighted by atomic mass is 32.3. The Kier molecular flexibility index (Phi) is 14.1. The first-order chi connectivity index (χ1) is 10.9. The molecule has 0 radical (unpaired) electrons. The van der Waals surface area contributed by atoms with Gasteiger partial charge in [-0.25, -0.2) is 0 Å². The Labute approximate surface area is 150 Å². The fourth-order valence-corrected chi connectivity index (χ4v) is 5.34. The number of carboxylic acid groups (broad SMARTS) is 1. The summed E-state index contributed by atoms with van der Waals surface area (Å²) in [5.74, 6) is -0.797. The van der Waals surface area contributed by atoms with Gasteiger partial charge in [0.2, 0.25) is 0 Å². The number of rotatable bonds is 13. The van der Waals surface area contributed by atoms with E-state index in [0.29, 0.717) is 5.75 Å². The first kappa shape index (κ1) is 22.9. The van der Waals surface area contributed by atoms with Crippen LogP contribution in [-0.4, -0.2) is 34.0 Å². The number of carbonyl (C=O) groups is 1. The van der Waals surface area contributed by atoms with E-state index in [0.717, 1.165) is 19.3 Å². The molecule has 0 aliphatic rings. The standard InChI is InChI=1S/C16H30O4S3/c1-3-4-5-6-7-8-9-10-11-12-13-22(19)16(21)23(20)14(2)15(17)18/h14H,3-13H2,1-2H3,(H,17,18). The lowest BCUT2D eigenvalue weighted by Crippen LogP contribution is -2.28. The van der Waals surface area contributed by atoms with Crippen LogP contribution >= 0.6 is 12.2 Å². The van der Waals surface area contributed by atoms with Gasteiger partial charge in [-0.2, -0.15) is 0 Å². The van der Waals surface area contributed by atoms with Gasteiger partial charge in [0, 0.05) is 5.75 Å². The molecule has 0 bridgehead atoms. The van der Waals surface area contributed by atoms with Crippen molar-refractivity contribution in [2.24, 2.45) is 0 Å². The average Bonchev–Trinajstić information content (AvgIpc) is 2.54. The lowest BCUT2D eigenvalue weighted by Gasteiger charge is -2.07. The van der Waals surface area contributed by atoms with E-state index < -0.39 is 32.8 Å². The minimum atomic E-state index is -1.85. The molecule has 0 aromatic rings. The maximum Gasteiger partial charge on any atom is 0.319 e. The summed E-state index contributed by atoms with van der Waals surface area (Å²) in [6.45, 7) is 3.54. The predicted octanol–water partition coefficient (Wildman–Crippen LogP) is 4.16. The smallest absolute Gasteiger partial charge is 0.319 e. The van der Waals surface area contributed by atoms with Gasteiger partial charge in [-0.05, 0) is 13.3 Å². The molecule has 23 heavy (non-hydrogen) atoms. The molecule has 0 saturated heterocycles. The molecule has 0 aliphatic carbocycles. The maximum absolute atomic E-state index is 11.9. The maximum atomic E-state index is 11.9. The molecule has 0 aromatic heterocycles. The van der Waals surface area contributed by atoms with E-state index in [1.807, 2.05) is 0 Å². The van der Waals surface area contributed by atoms with E-state index in [4.69, 9.17) is 17.3 Å². The van der Waals surface area contributed by atoms with Crippen LogP contribution in [0.1, 0.15) is 78.1 Å². The van der Waals surface area contributed by atoms with E-state index in [1.165, 1.54) is 51.9 Å². The van der Waals surface area contributed by atoms with E-state index >= 15 is 0 Å². The van der Waals surface area contributed by atoms with Crippen LogP contribution in [0.25, 0.3) is 0 Å². The molecule has 3 unspecified atom stereocenters. The summed E-state index contributed by atoms with van der Waals surface area (Å²) in [5, 5.41) is 7.70. The summed E-state index contributed by atoms with van der Waals surface area (Å²) < 4.78 is 23.6. The summed E-state index contributed by atoms with van der Waals surface area (Å²) in [6, 6.07) is 0. The van der Waals surface area contributed by atoms with Gasteiger partial charge in [0.1, 0.15) is 5.25 Å². The van der Waals surface area contributed by atoms with Gasteiger partial charge in [0.25, 0.3) is 0 Å². The van der Waals surface area contributed by atoms with Crippen LogP contribution in [0.2, 0.25) is 0 Å². The highest BCUT2D eigenvalue weighted by Gasteiger charge is 2.25. The second kappa shape index (κ2) is 14.2. The molecular weight excluding hydrogens is 352 g/mol. The summed E-state index contributed by atoms with van der Waals surface area (Å²) in [7, 11) is -3.33. The van der Waals surface area contributed by atoms with Crippen LogP contribution in [0.5, 0.6) is 0 Å². The van der Waals surface area contributed by atoms with Crippen LogP contribution in [0.3, 0.4) is 0 Å². The van der Waals surface area contributed by atoms with Crippen LogP contribution in [0.15, 0.2) is 0 Å². The Morgan fingerprint density at radius 2 is 1.39 bits per heavy atom. The molecule has 1 N–H and O–H groups in total. The SMILES string of the molecule is CCCCCCCCCCCCS(=O)C(=S)S(=O)C(C)C(=O)O. The molecule has 0 rings (SSSR count). The van der Waals surface area contributed by atoms with Crippen molar-refractivity contribution < 1.29 is 18.3 Å². The van der Waals surface area contributed by atoms with Crippen LogP contribution < -0.4 is 0 Å². The number of hydrogen-bond donors (Lipinski definition) is 1. The molecule has 0 aliphatic heterocycles. The second-order valence-electron chi connectivity index (χ2n) is 5.76. The van der Waals surface area contributed by atoms with E-state index in [2.05, 4.69) is 6.92 Å². The van der Waals surface area contributed by atoms with Crippen molar-refractivity contribution in [3.63, 3.8) is 0 Å². The predicted molar refractivity (Wildman–Crippen MR) is 103 cm³/mol. The molecule has 136 valence electrons. The fraction of sp³-hybridized carbons (Fsp3) is 0.875. The van der Waals surface area contributed by atoms with Crippen molar-refractivity contribution in [3.8, 4) is 0 Å². The molecular formula is C16H30O4S3. The normalized spacial score (nSPS) is 15.0. The molecule has 3 atom stereocenters. The van der Waals surface area contributed by atoms with Crippen molar-refractivity contribution in [2.75, 3.05) is 5.75 Å². The van der Waals surface area contributed by atoms with Gasteiger partial charge in [0.05, 0.1) is 21.6 Å². The molecule has 0 heterocycles. The number of carboxylic acids is 1. The van der Waals surface area contributed by atoms with Crippen LogP contribution in [0, 0.1) is 0 Å². The monoisotopic (exact) mass is 382 g/mol. The van der Waals surface area contributed by atoms with E-state index in [1.54, 1.807) is 0 Å². The minimum Gasteiger partial charge on any atom is -0.480 e. The number of unbranched alkanes of at least 4 members (excludes halogenated alkanes) is 9. The zero-order chi connectivity index (χ0) is 17.7. The first-order valence-electron chi connectivity index (χ1n) is 8.47. The van der Waals surface area contributed by atoms with Crippen molar-refractivity contribution in [3.05, 3.63) is 0 Å². The third-order valence-corrected chi connectivity index (χ3v) is 8.01. The zero-order valence-corrected chi connectivity index (χ0v) is 16.7. The lowest BCUT2D eigenvalue weighted by atomic mass is 10.1. The number of aliphatic carboxylic acids is 1. The van der Waals surface area contributed by atoms with Gasteiger partial charge in [0.15, 0.2) is 3.53 Å².